The lowest BCUT2D eigenvalue weighted by molar-refractivity contribution is -0.143. The zero-order valence-corrected chi connectivity index (χ0v) is 14.6. The fourth-order valence-corrected chi connectivity index (χ4v) is 2.38. The normalized spacial score (nSPS) is 11.3. The average molecular weight is 338 g/mol. The molecule has 0 unspecified atom stereocenters. The molecule has 0 aliphatic rings. The fraction of sp³-hybridized carbons (Fsp3) is 0.200. The van der Waals surface area contributed by atoms with E-state index in [1.807, 2.05) is 49.4 Å². The third kappa shape index (κ3) is 4.94. The molecule has 1 atom stereocenters. The van der Waals surface area contributed by atoms with Crippen LogP contribution >= 0.6 is 0 Å². The maximum absolute atomic E-state index is 12.7. The molecule has 2 aromatic rings. The Hall–Kier alpha value is -3.08. The van der Waals surface area contributed by atoms with Crippen molar-refractivity contribution in [2.75, 3.05) is 10.6 Å². The van der Waals surface area contributed by atoms with Crippen molar-refractivity contribution in [3.8, 4) is 0 Å². The van der Waals surface area contributed by atoms with Crippen LogP contribution < -0.4 is 10.6 Å². The van der Waals surface area contributed by atoms with E-state index in [0.29, 0.717) is 22.6 Å². The van der Waals surface area contributed by atoms with Gasteiger partial charge in [-0.25, -0.2) is 0 Å². The van der Waals surface area contributed by atoms with Gasteiger partial charge in [0.15, 0.2) is 0 Å². The van der Waals surface area contributed by atoms with Crippen LogP contribution in [-0.2, 0) is 9.53 Å². The summed E-state index contributed by atoms with van der Waals surface area (Å²) < 4.78 is 5.11. The average Bonchev–Trinajstić information content (AvgIpc) is 2.55. The second kappa shape index (κ2) is 8.15. The maximum Gasteiger partial charge on any atom is 0.303 e. The van der Waals surface area contributed by atoms with Crippen molar-refractivity contribution in [3.05, 3.63) is 71.9 Å². The highest BCUT2D eigenvalue weighted by molar-refractivity contribution is 6.09. The Balaban J connectivity index is 2.22. The van der Waals surface area contributed by atoms with Crippen molar-refractivity contribution in [3.63, 3.8) is 0 Å². The van der Waals surface area contributed by atoms with Gasteiger partial charge in [0.2, 0.25) is 0 Å². The van der Waals surface area contributed by atoms with Gasteiger partial charge in [-0.05, 0) is 37.6 Å². The third-order valence-electron chi connectivity index (χ3n) is 3.66. The number of carbonyl (C=O) groups excluding carboxylic acids is 2. The van der Waals surface area contributed by atoms with E-state index in [1.165, 1.54) is 6.92 Å². The van der Waals surface area contributed by atoms with E-state index < -0.39 is 6.10 Å². The molecule has 0 spiro atoms. The summed E-state index contributed by atoms with van der Waals surface area (Å²) in [6, 6.07) is 14.7. The molecule has 130 valence electrons. The Morgan fingerprint density at radius 2 is 1.72 bits per heavy atom. The number of anilines is 2. The van der Waals surface area contributed by atoms with E-state index in [4.69, 9.17) is 4.74 Å². The highest BCUT2D eigenvalue weighted by Gasteiger charge is 2.17. The van der Waals surface area contributed by atoms with Crippen molar-refractivity contribution < 1.29 is 14.3 Å². The highest BCUT2D eigenvalue weighted by Crippen LogP contribution is 2.23. The molecular formula is C20H22N2O3. The van der Waals surface area contributed by atoms with E-state index >= 15 is 0 Å². The first kappa shape index (κ1) is 18.3. The number of aryl methyl sites for hydroxylation is 1. The Morgan fingerprint density at radius 3 is 2.36 bits per heavy atom. The molecule has 25 heavy (non-hydrogen) atoms. The molecule has 0 saturated heterocycles. The van der Waals surface area contributed by atoms with Gasteiger partial charge in [-0.3, -0.25) is 9.59 Å². The maximum atomic E-state index is 12.7. The number of rotatable bonds is 6. The van der Waals surface area contributed by atoms with Crippen LogP contribution in [0.4, 0.5) is 11.4 Å². The summed E-state index contributed by atoms with van der Waals surface area (Å²) in [4.78, 5) is 23.8. The summed E-state index contributed by atoms with van der Waals surface area (Å²) in [6.07, 6.45) is -0.511. The van der Waals surface area contributed by atoms with Crippen molar-refractivity contribution in [1.29, 1.82) is 0 Å². The van der Waals surface area contributed by atoms with Gasteiger partial charge in [0, 0.05) is 18.3 Å². The van der Waals surface area contributed by atoms with Crippen LogP contribution in [0.1, 0.15) is 29.8 Å². The number of para-hydroxylation sites is 1. The number of nitrogens with one attached hydrogen (secondary N) is 2. The molecule has 0 saturated carbocycles. The molecule has 0 radical (unpaired) electrons. The van der Waals surface area contributed by atoms with Gasteiger partial charge in [-0.2, -0.15) is 0 Å². The summed E-state index contributed by atoms with van der Waals surface area (Å²) >= 11 is 0. The molecule has 2 rings (SSSR count). The summed E-state index contributed by atoms with van der Waals surface area (Å²) in [5.74, 6) is -0.610. The quantitative estimate of drug-likeness (QED) is 0.777. The number of esters is 1. The fourth-order valence-electron chi connectivity index (χ4n) is 2.38. The van der Waals surface area contributed by atoms with Crippen LogP contribution in [0, 0.1) is 6.92 Å². The predicted octanol–water partition coefficient (Wildman–Crippen LogP) is 4.12. The van der Waals surface area contributed by atoms with Crippen LogP contribution in [0.3, 0.4) is 0 Å². The summed E-state index contributed by atoms with van der Waals surface area (Å²) in [5.41, 5.74) is 3.16. The molecule has 0 aliphatic carbocycles. The van der Waals surface area contributed by atoms with Crippen molar-refractivity contribution in [2.45, 2.75) is 26.9 Å². The van der Waals surface area contributed by atoms with E-state index in [1.54, 1.807) is 13.0 Å². The van der Waals surface area contributed by atoms with Crippen LogP contribution in [0.2, 0.25) is 0 Å². The number of carbonyl (C=O) groups is 2. The minimum Gasteiger partial charge on any atom is -0.456 e. The van der Waals surface area contributed by atoms with Gasteiger partial charge in [0.05, 0.1) is 11.3 Å². The Kier molecular flexibility index (Phi) is 5.95. The minimum atomic E-state index is -0.511. The summed E-state index contributed by atoms with van der Waals surface area (Å²) in [6.45, 7) is 8.82. The molecule has 1 amide bonds. The van der Waals surface area contributed by atoms with Gasteiger partial charge in [-0.1, -0.05) is 36.9 Å². The highest BCUT2D eigenvalue weighted by atomic mass is 16.5. The van der Waals surface area contributed by atoms with Crippen molar-refractivity contribution in [1.82, 2.24) is 0 Å². The lowest BCUT2D eigenvalue weighted by atomic mass is 10.0. The summed E-state index contributed by atoms with van der Waals surface area (Å²) in [5, 5.41) is 5.97. The molecular weight excluding hydrogens is 316 g/mol. The molecule has 0 heterocycles. The van der Waals surface area contributed by atoms with Crippen LogP contribution in [0.15, 0.2) is 60.8 Å². The Morgan fingerprint density at radius 1 is 1.04 bits per heavy atom. The zero-order valence-electron chi connectivity index (χ0n) is 14.6. The Labute approximate surface area is 147 Å². The minimum absolute atomic E-state index is 0.222. The lowest BCUT2D eigenvalue weighted by Gasteiger charge is -2.19. The van der Waals surface area contributed by atoms with Crippen molar-refractivity contribution in [2.24, 2.45) is 0 Å². The van der Waals surface area contributed by atoms with E-state index in [9.17, 15) is 9.59 Å². The number of hydrogen-bond donors (Lipinski definition) is 2. The second-order valence-electron chi connectivity index (χ2n) is 5.72. The second-order valence-corrected chi connectivity index (χ2v) is 5.72. The van der Waals surface area contributed by atoms with Gasteiger partial charge < -0.3 is 15.4 Å². The smallest absolute Gasteiger partial charge is 0.303 e. The van der Waals surface area contributed by atoms with E-state index in [0.717, 1.165) is 5.56 Å². The number of hydrogen-bond acceptors (Lipinski definition) is 4. The van der Waals surface area contributed by atoms with Crippen LogP contribution in [0.25, 0.3) is 0 Å². The molecule has 2 aromatic carbocycles. The van der Waals surface area contributed by atoms with Crippen molar-refractivity contribution >= 4 is 23.3 Å². The number of benzene rings is 2. The zero-order chi connectivity index (χ0) is 18.4. The molecule has 0 aliphatic heterocycles. The van der Waals surface area contributed by atoms with E-state index in [2.05, 4.69) is 17.2 Å². The SMILES string of the molecule is C=C(Nc1cccc(C)c1C(=O)Nc1ccccc1)[C@H](C)OC(C)=O. The number of amides is 1. The summed E-state index contributed by atoms with van der Waals surface area (Å²) in [7, 11) is 0. The van der Waals surface area contributed by atoms with Crippen LogP contribution in [0.5, 0.6) is 0 Å². The monoisotopic (exact) mass is 338 g/mol. The molecule has 0 aromatic heterocycles. The Bertz CT molecular complexity index is 785. The third-order valence-corrected chi connectivity index (χ3v) is 3.66. The molecule has 5 heteroatoms. The molecule has 5 nitrogen and oxygen atoms in total. The van der Waals surface area contributed by atoms with Gasteiger partial charge in [0.25, 0.3) is 5.91 Å². The van der Waals surface area contributed by atoms with Crippen LogP contribution in [-0.4, -0.2) is 18.0 Å². The largest absolute Gasteiger partial charge is 0.456 e. The molecule has 0 bridgehead atoms. The first-order valence-electron chi connectivity index (χ1n) is 7.97. The van der Waals surface area contributed by atoms with Gasteiger partial charge in [-0.15, -0.1) is 0 Å². The molecule has 2 N–H and O–H groups in total. The topological polar surface area (TPSA) is 67.4 Å². The number of ether oxygens (including phenoxy) is 1. The van der Waals surface area contributed by atoms with Gasteiger partial charge >= 0.3 is 5.97 Å². The first-order valence-corrected chi connectivity index (χ1v) is 7.97. The molecule has 0 fully saturated rings. The standard InChI is InChI=1S/C20H22N2O3/c1-13-9-8-12-18(21-14(2)15(3)25-16(4)23)19(13)20(24)22-17-10-6-5-7-11-17/h5-12,15,21H,2H2,1,3-4H3,(H,22,24)/t15-/m0/s1. The van der Waals surface area contributed by atoms with Gasteiger partial charge in [0.1, 0.15) is 6.10 Å². The lowest BCUT2D eigenvalue weighted by Crippen LogP contribution is -2.21. The van der Waals surface area contributed by atoms with E-state index in [-0.39, 0.29) is 11.9 Å². The predicted molar refractivity (Wildman–Crippen MR) is 99.6 cm³/mol. The first-order chi connectivity index (χ1) is 11.9.